The topological polar surface area (TPSA) is 235 Å². The first kappa shape index (κ1) is 90.8. The molecule has 0 unspecified atom stereocenters. The van der Waals surface area contributed by atoms with Gasteiger partial charge in [0.25, 0.3) is 0 Å². The minimum absolute atomic E-state index is 0. The fourth-order valence-electron chi connectivity index (χ4n) is 0. The molecular formula is H12Na2O8S2. The fourth-order valence-corrected chi connectivity index (χ4v) is 0. The van der Waals surface area contributed by atoms with Crippen molar-refractivity contribution >= 4 is 21.2 Å². The standard InChI is InChI=1S/2Na.H2O2S2.6H2O/c;;1-4(2)3;;;;;;/h;;(H2,1,2,3);6*1H2/q2*+1;;;;;;;/p-2. The minimum Gasteiger partial charge on any atom is -0.806 e. The molecule has 0 bridgehead atoms. The Hall–Kier alpha value is 2.25. The molecule has 12 heavy (non-hydrogen) atoms. The number of rotatable bonds is 0. The van der Waals surface area contributed by atoms with Crippen molar-refractivity contribution < 1.29 is 101 Å². The minimum atomic E-state index is -2.28. The van der Waals surface area contributed by atoms with Gasteiger partial charge in [0, 0.05) is 0 Å². The quantitative estimate of drug-likeness (QED) is 0.380. The largest absolute Gasteiger partial charge is 1.00 e. The van der Waals surface area contributed by atoms with Gasteiger partial charge in [-0.25, -0.2) is 0 Å². The Morgan fingerprint density at radius 2 is 0.667 bits per heavy atom. The van der Waals surface area contributed by atoms with Crippen LogP contribution in [0.15, 0.2) is 0 Å². The molecule has 0 radical (unpaired) electrons. The Morgan fingerprint density at radius 3 is 0.667 bits per heavy atom. The summed E-state index contributed by atoms with van der Waals surface area (Å²) in [6.45, 7) is 0. The smallest absolute Gasteiger partial charge is 0.806 e. The maximum atomic E-state index is 8.81. The van der Waals surface area contributed by atoms with Crippen LogP contribution < -0.4 is 59.1 Å². The summed E-state index contributed by atoms with van der Waals surface area (Å²) in [5, 5.41) is 0. The number of hydrogen-bond donors (Lipinski definition) is 0. The second kappa shape index (κ2) is 72.1. The molecule has 0 saturated carbocycles. The molecule has 0 aromatic heterocycles. The molecular weight excluding hydrogens is 238 g/mol. The van der Waals surface area contributed by atoms with E-state index in [9.17, 15) is 0 Å². The summed E-state index contributed by atoms with van der Waals surface area (Å²) in [5.41, 5.74) is 0. The van der Waals surface area contributed by atoms with Gasteiger partial charge in [0.05, 0.1) is 0 Å². The summed E-state index contributed by atoms with van der Waals surface area (Å²) < 4.78 is 17.6. The van der Waals surface area contributed by atoms with Gasteiger partial charge in [0.1, 0.15) is 0 Å². The first-order valence-electron chi connectivity index (χ1n) is 0.500. The van der Waals surface area contributed by atoms with E-state index in [1.54, 1.807) is 0 Å². The molecule has 0 saturated heterocycles. The van der Waals surface area contributed by atoms with Crippen molar-refractivity contribution in [1.29, 1.82) is 0 Å². The molecule has 12 N–H and O–H groups in total. The Balaban J connectivity index is -0.00000000161. The maximum Gasteiger partial charge on any atom is 1.00 e. The molecule has 8 nitrogen and oxygen atoms in total. The fraction of sp³-hybridized carbons (Fsp3) is 0. The van der Waals surface area contributed by atoms with Crippen LogP contribution in [0.4, 0.5) is 0 Å². The predicted molar refractivity (Wildman–Crippen MR) is 38.0 cm³/mol. The van der Waals surface area contributed by atoms with Gasteiger partial charge in [-0.3, -0.25) is 0 Å². The van der Waals surface area contributed by atoms with Crippen LogP contribution in [-0.2, 0) is 21.2 Å². The van der Waals surface area contributed by atoms with Crippen LogP contribution in [0.5, 0.6) is 0 Å². The van der Waals surface area contributed by atoms with Gasteiger partial charge in [-0.2, -0.15) is 0 Å². The van der Waals surface area contributed by atoms with Gasteiger partial charge < -0.3 is 52.0 Å². The SMILES string of the molecule is O.O.O.O.O.O.[Na+].[Na+].[O-]S([O-])=S. The Morgan fingerprint density at radius 1 is 0.667 bits per heavy atom. The van der Waals surface area contributed by atoms with E-state index in [2.05, 4.69) is 11.2 Å². The predicted octanol–water partition coefficient (Wildman–Crippen LogP) is -11.6. The van der Waals surface area contributed by atoms with Crippen LogP contribution in [0, 0.1) is 0 Å². The second-order valence-electron chi connectivity index (χ2n) is 0.204. The van der Waals surface area contributed by atoms with Crippen molar-refractivity contribution in [2.75, 3.05) is 0 Å². The molecule has 0 aliphatic heterocycles. The van der Waals surface area contributed by atoms with E-state index in [-0.39, 0.29) is 92.0 Å². The molecule has 0 atom stereocenters. The molecule has 0 amide bonds. The first-order valence-corrected chi connectivity index (χ1v) is 2.50. The van der Waals surface area contributed by atoms with Crippen LogP contribution >= 0.6 is 0 Å². The van der Waals surface area contributed by atoms with Gasteiger partial charge in [0.15, 0.2) is 0 Å². The van der Waals surface area contributed by atoms with E-state index in [0.29, 0.717) is 0 Å². The van der Waals surface area contributed by atoms with E-state index < -0.39 is 10.0 Å². The van der Waals surface area contributed by atoms with Crippen molar-refractivity contribution in [3.8, 4) is 0 Å². The zero-order valence-corrected chi connectivity index (χ0v) is 12.3. The molecule has 0 heterocycles. The molecule has 0 spiro atoms. The average molecular weight is 250 g/mol. The van der Waals surface area contributed by atoms with Crippen LogP contribution in [0.3, 0.4) is 0 Å². The Bertz CT molecular complexity index is 38.0. The molecule has 74 valence electrons. The van der Waals surface area contributed by atoms with Crippen molar-refractivity contribution in [1.82, 2.24) is 0 Å². The summed E-state index contributed by atoms with van der Waals surface area (Å²) in [4.78, 5) is 0. The first-order chi connectivity index (χ1) is 1.73. The van der Waals surface area contributed by atoms with E-state index in [1.165, 1.54) is 0 Å². The third-order valence-electron chi connectivity index (χ3n) is 0. The summed E-state index contributed by atoms with van der Waals surface area (Å²) in [6, 6.07) is 0. The normalized spacial score (nSPS) is 2.92. The van der Waals surface area contributed by atoms with Crippen molar-refractivity contribution in [3.05, 3.63) is 0 Å². The van der Waals surface area contributed by atoms with E-state index in [4.69, 9.17) is 9.11 Å². The second-order valence-corrected chi connectivity index (χ2v) is 1.43. The monoisotopic (exact) mass is 250 g/mol. The third kappa shape index (κ3) is 306. The molecule has 0 aromatic carbocycles. The van der Waals surface area contributed by atoms with E-state index >= 15 is 0 Å². The van der Waals surface area contributed by atoms with Crippen LogP contribution in [0.2, 0.25) is 0 Å². The van der Waals surface area contributed by atoms with Crippen LogP contribution in [0.1, 0.15) is 0 Å². The zero-order chi connectivity index (χ0) is 3.58. The van der Waals surface area contributed by atoms with Gasteiger partial charge in [0.2, 0.25) is 0 Å². The Labute approximate surface area is 121 Å². The average Bonchev–Trinajstić information content (AvgIpc) is 0.811. The van der Waals surface area contributed by atoms with Crippen molar-refractivity contribution in [3.63, 3.8) is 0 Å². The van der Waals surface area contributed by atoms with Gasteiger partial charge >= 0.3 is 59.1 Å². The Kier molecular flexibility index (Phi) is 546. The zero-order valence-electron chi connectivity index (χ0n) is 6.63. The molecule has 0 rings (SSSR count). The van der Waals surface area contributed by atoms with Crippen LogP contribution in [-0.4, -0.2) is 42.0 Å². The maximum absolute atomic E-state index is 8.81. The van der Waals surface area contributed by atoms with E-state index in [0.717, 1.165) is 0 Å². The van der Waals surface area contributed by atoms with Gasteiger partial charge in [-0.05, 0) is 0 Å². The van der Waals surface area contributed by atoms with E-state index in [1.807, 2.05) is 0 Å². The molecule has 12 heteroatoms. The third-order valence-corrected chi connectivity index (χ3v) is 0. The van der Waals surface area contributed by atoms with Gasteiger partial charge in [-0.15, -0.1) is 0 Å². The molecule has 0 aliphatic rings. The summed E-state index contributed by atoms with van der Waals surface area (Å²) in [7, 11) is -2.28. The van der Waals surface area contributed by atoms with Crippen molar-refractivity contribution in [2.24, 2.45) is 0 Å². The summed E-state index contributed by atoms with van der Waals surface area (Å²) in [6.07, 6.45) is 0. The number of hydrogen-bond acceptors (Lipinski definition) is 3. The van der Waals surface area contributed by atoms with Crippen molar-refractivity contribution in [2.45, 2.75) is 0 Å². The summed E-state index contributed by atoms with van der Waals surface area (Å²) >= 11 is 3.54. The van der Waals surface area contributed by atoms with Gasteiger partial charge in [-0.1, -0.05) is 11.2 Å². The van der Waals surface area contributed by atoms with Crippen LogP contribution in [0.25, 0.3) is 0 Å². The summed E-state index contributed by atoms with van der Waals surface area (Å²) in [5.74, 6) is 0. The molecule has 0 fully saturated rings. The molecule has 0 aromatic rings. The molecule has 0 aliphatic carbocycles.